The third kappa shape index (κ3) is 7.74. The summed E-state index contributed by atoms with van der Waals surface area (Å²) < 4.78 is 0. The van der Waals surface area contributed by atoms with E-state index in [0.29, 0.717) is 0 Å². The molecule has 0 saturated carbocycles. The summed E-state index contributed by atoms with van der Waals surface area (Å²) in [7, 11) is 0. The molecule has 0 rings (SSSR count). The first kappa shape index (κ1) is 8.74. The fraction of sp³-hybridized carbons (Fsp3) is 0.778. The molecule has 0 aromatic rings. The number of unbranched alkanes of at least 4 members (excludes halogenated alkanes) is 1. The fourth-order valence-electron chi connectivity index (χ4n) is 0.811. The first-order valence-electron chi connectivity index (χ1n) is 3.88. The van der Waals surface area contributed by atoms with Crippen LogP contribution in [0.5, 0.6) is 0 Å². The predicted molar refractivity (Wildman–Crippen MR) is 43.5 cm³/mol. The number of hydrogen-bond donors (Lipinski definition) is 0. The number of allylic oxidation sites excluding steroid dienone is 2. The lowest BCUT2D eigenvalue weighted by molar-refractivity contribution is 0.560. The highest BCUT2D eigenvalue weighted by Crippen LogP contribution is 2.05. The molecule has 0 heterocycles. The van der Waals surface area contributed by atoms with Crippen molar-refractivity contribution in [2.24, 2.45) is 5.92 Å². The Balaban J connectivity index is 2.91. The number of rotatable bonds is 4. The zero-order chi connectivity index (χ0) is 7.11. The molecule has 0 fully saturated rings. The van der Waals surface area contributed by atoms with E-state index in [2.05, 4.69) is 32.9 Å². The van der Waals surface area contributed by atoms with Crippen LogP contribution in [0, 0.1) is 5.92 Å². The monoisotopic (exact) mass is 126 g/mol. The minimum Gasteiger partial charge on any atom is -0.0917 e. The van der Waals surface area contributed by atoms with E-state index < -0.39 is 0 Å². The van der Waals surface area contributed by atoms with E-state index in [1.54, 1.807) is 0 Å². The third-order valence-corrected chi connectivity index (χ3v) is 1.39. The summed E-state index contributed by atoms with van der Waals surface area (Å²) in [5.41, 5.74) is 0. The zero-order valence-electron chi connectivity index (χ0n) is 6.85. The molecule has 0 radical (unpaired) electrons. The molecule has 0 saturated heterocycles. The van der Waals surface area contributed by atoms with Crippen molar-refractivity contribution in [2.75, 3.05) is 0 Å². The Morgan fingerprint density at radius 3 is 2.44 bits per heavy atom. The molecule has 0 aliphatic carbocycles. The molecule has 9 heavy (non-hydrogen) atoms. The largest absolute Gasteiger partial charge is 0.0917 e. The van der Waals surface area contributed by atoms with E-state index in [1.165, 1.54) is 19.3 Å². The van der Waals surface area contributed by atoms with Crippen molar-refractivity contribution in [3.8, 4) is 0 Å². The summed E-state index contributed by atoms with van der Waals surface area (Å²) in [6.07, 6.45) is 8.34. The van der Waals surface area contributed by atoms with Crippen LogP contribution >= 0.6 is 0 Å². The van der Waals surface area contributed by atoms with E-state index in [1.807, 2.05) is 0 Å². The van der Waals surface area contributed by atoms with Crippen molar-refractivity contribution in [1.29, 1.82) is 0 Å². The molecule has 0 aromatic heterocycles. The maximum atomic E-state index is 2.27. The van der Waals surface area contributed by atoms with Gasteiger partial charge in [0.1, 0.15) is 0 Å². The minimum absolute atomic E-state index is 0.871. The molecule has 0 atom stereocenters. The lowest BCUT2D eigenvalue weighted by atomic mass is 10.1. The van der Waals surface area contributed by atoms with Gasteiger partial charge in [-0.3, -0.25) is 0 Å². The summed E-state index contributed by atoms with van der Waals surface area (Å²) in [5.74, 6) is 0.871. The van der Waals surface area contributed by atoms with Crippen LogP contribution in [-0.2, 0) is 0 Å². The van der Waals surface area contributed by atoms with Gasteiger partial charge in [-0.05, 0) is 25.7 Å². The van der Waals surface area contributed by atoms with Crippen molar-refractivity contribution in [2.45, 2.75) is 40.0 Å². The average Bonchev–Trinajstić information content (AvgIpc) is 1.80. The maximum absolute atomic E-state index is 2.27. The molecule has 0 unspecified atom stereocenters. The molecule has 0 nitrogen and oxygen atoms in total. The van der Waals surface area contributed by atoms with Gasteiger partial charge in [-0.25, -0.2) is 0 Å². The normalized spacial score (nSPS) is 11.6. The van der Waals surface area contributed by atoms with Gasteiger partial charge in [0, 0.05) is 0 Å². The Kier molecular flexibility index (Phi) is 5.70. The second-order valence-corrected chi connectivity index (χ2v) is 2.89. The van der Waals surface area contributed by atoms with E-state index in [4.69, 9.17) is 0 Å². The van der Waals surface area contributed by atoms with Crippen LogP contribution in [0.1, 0.15) is 40.0 Å². The van der Waals surface area contributed by atoms with Gasteiger partial charge in [-0.2, -0.15) is 0 Å². The van der Waals surface area contributed by atoms with Crippen LogP contribution in [0.3, 0.4) is 0 Å². The van der Waals surface area contributed by atoms with Gasteiger partial charge in [0.15, 0.2) is 0 Å². The Labute approximate surface area is 59.0 Å². The molecular weight excluding hydrogens is 108 g/mol. The topological polar surface area (TPSA) is 0 Å². The highest BCUT2D eigenvalue weighted by molar-refractivity contribution is 4.76. The lowest BCUT2D eigenvalue weighted by Crippen LogP contribution is -1.84. The second-order valence-electron chi connectivity index (χ2n) is 2.89. The van der Waals surface area contributed by atoms with Crippen molar-refractivity contribution in [3.05, 3.63) is 12.2 Å². The smallest absolute Gasteiger partial charge is 0.0351 e. The Morgan fingerprint density at radius 2 is 2.00 bits per heavy atom. The molecule has 0 heteroatoms. The number of hydrogen-bond acceptors (Lipinski definition) is 0. The SMILES string of the molecule is C/C=C/CCCC(C)C. The molecule has 0 aliphatic heterocycles. The molecule has 0 N–H and O–H groups in total. The Bertz CT molecular complexity index is 70.1. The second kappa shape index (κ2) is 5.87. The molecule has 0 bridgehead atoms. The molecule has 0 aromatic carbocycles. The van der Waals surface area contributed by atoms with Crippen LogP contribution in [0.25, 0.3) is 0 Å². The Morgan fingerprint density at radius 1 is 1.33 bits per heavy atom. The predicted octanol–water partition coefficient (Wildman–Crippen LogP) is 3.39. The van der Waals surface area contributed by atoms with Crippen molar-refractivity contribution >= 4 is 0 Å². The zero-order valence-corrected chi connectivity index (χ0v) is 6.85. The summed E-state index contributed by atoms with van der Waals surface area (Å²) in [6, 6.07) is 0. The van der Waals surface area contributed by atoms with Gasteiger partial charge < -0.3 is 0 Å². The van der Waals surface area contributed by atoms with E-state index in [9.17, 15) is 0 Å². The van der Waals surface area contributed by atoms with Gasteiger partial charge in [-0.1, -0.05) is 32.4 Å². The first-order chi connectivity index (χ1) is 4.27. The highest BCUT2D eigenvalue weighted by Gasteiger charge is 1.89. The van der Waals surface area contributed by atoms with Crippen LogP contribution < -0.4 is 0 Å². The van der Waals surface area contributed by atoms with E-state index >= 15 is 0 Å². The van der Waals surface area contributed by atoms with Gasteiger partial charge >= 0.3 is 0 Å². The molecule has 0 spiro atoms. The van der Waals surface area contributed by atoms with E-state index in [-0.39, 0.29) is 0 Å². The summed E-state index contributed by atoms with van der Waals surface area (Å²) in [6.45, 7) is 6.63. The minimum atomic E-state index is 0.871. The van der Waals surface area contributed by atoms with Gasteiger partial charge in [-0.15, -0.1) is 0 Å². The van der Waals surface area contributed by atoms with Gasteiger partial charge in [0.25, 0.3) is 0 Å². The first-order valence-corrected chi connectivity index (χ1v) is 3.88. The summed E-state index contributed by atoms with van der Waals surface area (Å²) >= 11 is 0. The van der Waals surface area contributed by atoms with Crippen LogP contribution in [0.4, 0.5) is 0 Å². The summed E-state index contributed by atoms with van der Waals surface area (Å²) in [5, 5.41) is 0. The quantitative estimate of drug-likeness (QED) is 0.400. The maximum Gasteiger partial charge on any atom is -0.0351 e. The van der Waals surface area contributed by atoms with Gasteiger partial charge in [0.05, 0.1) is 0 Å². The summed E-state index contributed by atoms with van der Waals surface area (Å²) in [4.78, 5) is 0. The average molecular weight is 126 g/mol. The van der Waals surface area contributed by atoms with Crippen molar-refractivity contribution in [3.63, 3.8) is 0 Å². The van der Waals surface area contributed by atoms with Gasteiger partial charge in [0.2, 0.25) is 0 Å². The standard InChI is InChI=1S/C9H18/c1-4-5-6-7-8-9(2)3/h4-5,9H,6-8H2,1-3H3/b5-4+. The fourth-order valence-corrected chi connectivity index (χ4v) is 0.811. The van der Waals surface area contributed by atoms with E-state index in [0.717, 1.165) is 5.92 Å². The van der Waals surface area contributed by atoms with Crippen LogP contribution in [-0.4, -0.2) is 0 Å². The lowest BCUT2D eigenvalue weighted by Gasteiger charge is -1.99. The Hall–Kier alpha value is -0.260. The molecular formula is C9H18. The molecule has 0 aliphatic rings. The third-order valence-electron chi connectivity index (χ3n) is 1.39. The van der Waals surface area contributed by atoms with Crippen LogP contribution in [0.2, 0.25) is 0 Å². The van der Waals surface area contributed by atoms with Crippen molar-refractivity contribution in [1.82, 2.24) is 0 Å². The van der Waals surface area contributed by atoms with Crippen molar-refractivity contribution < 1.29 is 0 Å². The highest BCUT2D eigenvalue weighted by atomic mass is 14.0. The van der Waals surface area contributed by atoms with Crippen LogP contribution in [0.15, 0.2) is 12.2 Å². The molecule has 54 valence electrons. The molecule has 0 amide bonds.